The van der Waals surface area contributed by atoms with Crippen LogP contribution in [0.4, 0.5) is 0 Å². The van der Waals surface area contributed by atoms with Gasteiger partial charge in [-0.25, -0.2) is 0 Å². The minimum Gasteiger partial charge on any atom is -0.339 e. The van der Waals surface area contributed by atoms with E-state index in [1.54, 1.807) is 0 Å². The predicted octanol–water partition coefficient (Wildman–Crippen LogP) is 2.07. The van der Waals surface area contributed by atoms with E-state index in [4.69, 9.17) is 5.73 Å². The van der Waals surface area contributed by atoms with E-state index >= 15 is 0 Å². The van der Waals surface area contributed by atoms with E-state index in [2.05, 4.69) is 0 Å². The molecule has 0 spiro atoms. The van der Waals surface area contributed by atoms with Gasteiger partial charge in [-0.05, 0) is 50.2 Å². The maximum Gasteiger partial charge on any atom is 0.253 e. The lowest BCUT2D eigenvalue weighted by atomic mass is 9.84. The number of aryl methyl sites for hydroxylation is 1. The fraction of sp³-hybridized carbons (Fsp3) is 0.600. The molecule has 2 amide bonds. The van der Waals surface area contributed by atoms with Crippen LogP contribution in [0.1, 0.15) is 35.2 Å². The molecule has 2 aliphatic carbocycles. The van der Waals surface area contributed by atoms with Gasteiger partial charge in [-0.3, -0.25) is 9.59 Å². The maximum atomic E-state index is 12.9. The largest absolute Gasteiger partial charge is 0.339 e. The summed E-state index contributed by atoms with van der Waals surface area (Å²) in [6, 6.07) is 7.72. The highest BCUT2D eigenvalue weighted by Crippen LogP contribution is 2.48. The first-order valence-corrected chi connectivity index (χ1v) is 9.45. The van der Waals surface area contributed by atoms with Gasteiger partial charge in [0, 0.05) is 37.8 Å². The lowest BCUT2D eigenvalue weighted by molar-refractivity contribution is -0.139. The van der Waals surface area contributed by atoms with Crippen molar-refractivity contribution in [3.8, 4) is 0 Å². The lowest BCUT2D eigenvalue weighted by Gasteiger charge is -2.38. The summed E-state index contributed by atoms with van der Waals surface area (Å²) in [5.41, 5.74) is 8.19. The quantitative estimate of drug-likeness (QED) is 0.858. The zero-order chi connectivity index (χ0) is 17.6. The van der Waals surface area contributed by atoms with Crippen LogP contribution in [0.15, 0.2) is 24.3 Å². The van der Waals surface area contributed by atoms with E-state index < -0.39 is 0 Å². The van der Waals surface area contributed by atoms with E-state index in [-0.39, 0.29) is 36.2 Å². The molecule has 1 aromatic rings. The lowest BCUT2D eigenvalue weighted by Crippen LogP contribution is -2.54. The van der Waals surface area contributed by atoms with Crippen LogP contribution in [-0.4, -0.2) is 53.8 Å². The Morgan fingerprint density at radius 2 is 1.54 bits per heavy atom. The van der Waals surface area contributed by atoms with Gasteiger partial charge in [0.25, 0.3) is 5.91 Å². The van der Waals surface area contributed by atoms with E-state index in [9.17, 15) is 9.59 Å². The molecule has 6 heteroatoms. The smallest absolute Gasteiger partial charge is 0.253 e. The SMILES string of the molecule is Cc1ccc(C(=O)N2CCN(C(=O)C3C4CCC(C4)C3N)CC2)cc1.Cl. The standard InChI is InChI=1S/C20H27N3O2.ClH/c1-13-2-4-14(5-3-13)19(24)22-8-10-23(11-9-22)20(25)17-15-6-7-16(12-15)18(17)21;/h2-5,15-18H,6-12,21H2,1H3;1H. The van der Waals surface area contributed by atoms with Crippen molar-refractivity contribution in [1.29, 1.82) is 0 Å². The Labute approximate surface area is 161 Å². The number of hydrogen-bond acceptors (Lipinski definition) is 3. The first-order chi connectivity index (χ1) is 12.0. The van der Waals surface area contributed by atoms with Crippen LogP contribution in [0, 0.1) is 24.7 Å². The third kappa shape index (κ3) is 3.35. The molecule has 1 heterocycles. The van der Waals surface area contributed by atoms with Crippen molar-refractivity contribution in [2.24, 2.45) is 23.5 Å². The average molecular weight is 378 g/mol. The number of hydrogen-bond donors (Lipinski definition) is 1. The summed E-state index contributed by atoms with van der Waals surface area (Å²) in [6.07, 6.45) is 3.47. The van der Waals surface area contributed by atoms with Crippen molar-refractivity contribution in [1.82, 2.24) is 9.80 Å². The number of piperazine rings is 1. The highest BCUT2D eigenvalue weighted by atomic mass is 35.5. The van der Waals surface area contributed by atoms with Crippen molar-refractivity contribution in [2.75, 3.05) is 26.2 Å². The number of halogens is 1. The summed E-state index contributed by atoms with van der Waals surface area (Å²) >= 11 is 0. The van der Waals surface area contributed by atoms with Gasteiger partial charge in [-0.2, -0.15) is 0 Å². The average Bonchev–Trinajstić information content (AvgIpc) is 3.22. The second-order valence-electron chi connectivity index (χ2n) is 7.92. The third-order valence-corrected chi connectivity index (χ3v) is 6.44. The second kappa shape index (κ2) is 7.57. The van der Waals surface area contributed by atoms with E-state index in [0.717, 1.165) is 24.0 Å². The predicted molar refractivity (Wildman–Crippen MR) is 103 cm³/mol. The van der Waals surface area contributed by atoms with Gasteiger partial charge in [-0.1, -0.05) is 17.7 Å². The van der Waals surface area contributed by atoms with Gasteiger partial charge in [-0.15, -0.1) is 12.4 Å². The Kier molecular flexibility index (Phi) is 5.58. The summed E-state index contributed by atoms with van der Waals surface area (Å²) in [5, 5.41) is 0. The molecule has 3 fully saturated rings. The number of carbonyl (C=O) groups is 2. The van der Waals surface area contributed by atoms with Crippen LogP contribution in [-0.2, 0) is 4.79 Å². The Hall–Kier alpha value is -1.59. The molecule has 1 aromatic carbocycles. The number of rotatable bonds is 2. The number of carbonyl (C=O) groups excluding carboxylic acids is 2. The molecule has 1 aliphatic heterocycles. The van der Waals surface area contributed by atoms with Crippen LogP contribution < -0.4 is 5.73 Å². The van der Waals surface area contributed by atoms with Gasteiger partial charge in [0.1, 0.15) is 0 Å². The van der Waals surface area contributed by atoms with E-state index in [0.29, 0.717) is 38.0 Å². The topological polar surface area (TPSA) is 66.6 Å². The van der Waals surface area contributed by atoms with Crippen LogP contribution in [0.2, 0.25) is 0 Å². The number of amides is 2. The fourth-order valence-electron chi connectivity index (χ4n) is 4.92. The second-order valence-corrected chi connectivity index (χ2v) is 7.92. The van der Waals surface area contributed by atoms with Gasteiger partial charge in [0.15, 0.2) is 0 Å². The third-order valence-electron chi connectivity index (χ3n) is 6.44. The van der Waals surface area contributed by atoms with Gasteiger partial charge >= 0.3 is 0 Å². The molecule has 3 aliphatic rings. The number of fused-ring (bicyclic) bond motifs is 2. The van der Waals surface area contributed by atoms with Crippen molar-refractivity contribution in [3.05, 3.63) is 35.4 Å². The van der Waals surface area contributed by atoms with Crippen molar-refractivity contribution < 1.29 is 9.59 Å². The minimum atomic E-state index is 0. The van der Waals surface area contributed by atoms with Crippen LogP contribution >= 0.6 is 12.4 Å². The molecular formula is C20H28ClN3O2. The zero-order valence-electron chi connectivity index (χ0n) is 15.3. The Bertz CT molecular complexity index is 668. The molecule has 2 saturated carbocycles. The minimum absolute atomic E-state index is 0. The number of nitrogens with zero attached hydrogens (tertiary/aromatic N) is 2. The molecule has 4 rings (SSSR count). The van der Waals surface area contributed by atoms with Gasteiger partial charge in [0.05, 0.1) is 5.92 Å². The van der Waals surface area contributed by atoms with Crippen molar-refractivity contribution >= 4 is 24.2 Å². The molecule has 142 valence electrons. The summed E-state index contributed by atoms with van der Waals surface area (Å²) in [6.45, 7) is 4.47. The summed E-state index contributed by atoms with van der Waals surface area (Å²) in [4.78, 5) is 29.3. The number of nitrogens with two attached hydrogens (primary N) is 1. The summed E-state index contributed by atoms with van der Waals surface area (Å²) < 4.78 is 0. The summed E-state index contributed by atoms with van der Waals surface area (Å²) in [5.74, 6) is 1.33. The monoisotopic (exact) mass is 377 g/mol. The van der Waals surface area contributed by atoms with Crippen molar-refractivity contribution in [2.45, 2.75) is 32.2 Å². The van der Waals surface area contributed by atoms with E-state index in [1.807, 2.05) is 41.0 Å². The molecule has 26 heavy (non-hydrogen) atoms. The molecule has 0 aromatic heterocycles. The first-order valence-electron chi connectivity index (χ1n) is 9.45. The summed E-state index contributed by atoms with van der Waals surface area (Å²) in [7, 11) is 0. The van der Waals surface area contributed by atoms with Crippen LogP contribution in [0.3, 0.4) is 0 Å². The molecule has 4 atom stereocenters. The van der Waals surface area contributed by atoms with E-state index in [1.165, 1.54) is 6.42 Å². The molecular weight excluding hydrogens is 350 g/mol. The van der Waals surface area contributed by atoms with Crippen molar-refractivity contribution in [3.63, 3.8) is 0 Å². The highest BCUT2D eigenvalue weighted by molar-refractivity contribution is 5.94. The van der Waals surface area contributed by atoms with Crippen LogP contribution in [0.5, 0.6) is 0 Å². The fourth-order valence-corrected chi connectivity index (χ4v) is 4.92. The highest BCUT2D eigenvalue weighted by Gasteiger charge is 2.50. The molecule has 1 saturated heterocycles. The zero-order valence-corrected chi connectivity index (χ0v) is 16.1. The molecule has 2 bridgehead atoms. The Balaban J connectivity index is 0.00000196. The van der Waals surface area contributed by atoms with Gasteiger partial charge in [0.2, 0.25) is 5.91 Å². The normalized spacial score (nSPS) is 30.2. The number of benzene rings is 1. The van der Waals surface area contributed by atoms with Gasteiger partial charge < -0.3 is 15.5 Å². The molecule has 0 radical (unpaired) electrons. The molecule has 4 unspecified atom stereocenters. The first kappa shape index (κ1) is 19.2. The van der Waals surface area contributed by atoms with Crippen LogP contribution in [0.25, 0.3) is 0 Å². The molecule has 5 nitrogen and oxygen atoms in total. The Morgan fingerprint density at radius 3 is 2.12 bits per heavy atom. The maximum absolute atomic E-state index is 12.9. The Morgan fingerprint density at radius 1 is 0.962 bits per heavy atom. The molecule has 2 N–H and O–H groups in total.